The first kappa shape index (κ1) is 14.0. The summed E-state index contributed by atoms with van der Waals surface area (Å²) in [6, 6.07) is 6.33. The number of rotatable bonds is 3. The number of halogens is 1. The van der Waals surface area contributed by atoms with Crippen LogP contribution in [0.15, 0.2) is 18.2 Å². The number of anilines is 1. The highest BCUT2D eigenvalue weighted by Crippen LogP contribution is 2.43. The summed E-state index contributed by atoms with van der Waals surface area (Å²) in [6.07, 6.45) is 2.69. The number of nitrogens with zero attached hydrogens (tertiary/aromatic N) is 1. The van der Waals surface area contributed by atoms with Gasteiger partial charge in [-0.2, -0.15) is 0 Å². The van der Waals surface area contributed by atoms with Crippen molar-refractivity contribution in [3.05, 3.63) is 23.2 Å². The largest absolute Gasteiger partial charge is 0.497 e. The predicted octanol–water partition coefficient (Wildman–Crippen LogP) is 3.32. The Morgan fingerprint density at radius 1 is 1.40 bits per heavy atom. The summed E-state index contributed by atoms with van der Waals surface area (Å²) in [6.45, 7) is 6.60. The lowest BCUT2D eigenvalue weighted by molar-refractivity contribution is 0.260. The van der Waals surface area contributed by atoms with Gasteiger partial charge in [0.25, 0.3) is 0 Å². The number of benzene rings is 1. The van der Waals surface area contributed by atoms with E-state index in [1.165, 1.54) is 12.8 Å². The first-order valence-corrected chi connectivity index (χ1v) is 7.76. The lowest BCUT2D eigenvalue weighted by atomic mass is 9.91. The summed E-state index contributed by atoms with van der Waals surface area (Å²) in [7, 11) is 1.70. The SMILES string of the molecule is COc1ccc(Cl)c(N2CC(C)(C3CC3)NCC2C)c1. The van der Waals surface area contributed by atoms with Gasteiger partial charge in [-0.25, -0.2) is 0 Å². The third-order valence-electron chi connectivity index (χ3n) is 4.77. The lowest BCUT2D eigenvalue weighted by Gasteiger charge is -2.47. The van der Waals surface area contributed by atoms with E-state index in [4.69, 9.17) is 16.3 Å². The highest BCUT2D eigenvalue weighted by molar-refractivity contribution is 6.33. The molecule has 0 amide bonds. The maximum absolute atomic E-state index is 6.42. The second kappa shape index (κ2) is 5.12. The fourth-order valence-electron chi connectivity index (χ4n) is 3.21. The topological polar surface area (TPSA) is 24.5 Å². The van der Waals surface area contributed by atoms with E-state index in [9.17, 15) is 0 Å². The molecule has 0 radical (unpaired) electrons. The van der Waals surface area contributed by atoms with Crippen molar-refractivity contribution in [2.45, 2.75) is 38.3 Å². The molecule has 1 aromatic rings. The molecule has 110 valence electrons. The van der Waals surface area contributed by atoms with Crippen molar-refractivity contribution in [2.24, 2.45) is 5.92 Å². The second-order valence-electron chi connectivity index (χ2n) is 6.37. The number of hydrogen-bond acceptors (Lipinski definition) is 3. The van der Waals surface area contributed by atoms with Gasteiger partial charge in [0.05, 0.1) is 17.8 Å². The van der Waals surface area contributed by atoms with Crippen LogP contribution in [0, 0.1) is 5.92 Å². The molecule has 0 spiro atoms. The van der Waals surface area contributed by atoms with Crippen molar-refractivity contribution < 1.29 is 4.74 Å². The molecule has 3 rings (SSSR count). The van der Waals surface area contributed by atoms with E-state index in [2.05, 4.69) is 30.1 Å². The first-order chi connectivity index (χ1) is 9.53. The zero-order valence-corrected chi connectivity index (χ0v) is 13.2. The molecule has 1 aliphatic carbocycles. The third-order valence-corrected chi connectivity index (χ3v) is 5.09. The van der Waals surface area contributed by atoms with E-state index in [-0.39, 0.29) is 5.54 Å². The zero-order valence-electron chi connectivity index (χ0n) is 12.4. The molecule has 0 aromatic heterocycles. The van der Waals surface area contributed by atoms with E-state index in [1.54, 1.807) is 7.11 Å². The van der Waals surface area contributed by atoms with Crippen molar-refractivity contribution in [1.82, 2.24) is 5.32 Å². The van der Waals surface area contributed by atoms with Gasteiger partial charge < -0.3 is 15.0 Å². The van der Waals surface area contributed by atoms with E-state index in [0.717, 1.165) is 35.5 Å². The fraction of sp³-hybridized carbons (Fsp3) is 0.625. The monoisotopic (exact) mass is 294 g/mol. The van der Waals surface area contributed by atoms with E-state index < -0.39 is 0 Å². The molecule has 20 heavy (non-hydrogen) atoms. The number of methoxy groups -OCH3 is 1. The van der Waals surface area contributed by atoms with Gasteiger partial charge in [-0.3, -0.25) is 0 Å². The number of hydrogen-bond donors (Lipinski definition) is 1. The Bertz CT molecular complexity index is 503. The van der Waals surface area contributed by atoms with Crippen LogP contribution < -0.4 is 15.0 Å². The minimum Gasteiger partial charge on any atom is -0.497 e. The van der Waals surface area contributed by atoms with Gasteiger partial charge in [0.2, 0.25) is 0 Å². The van der Waals surface area contributed by atoms with Crippen molar-refractivity contribution in [1.29, 1.82) is 0 Å². The fourth-order valence-corrected chi connectivity index (χ4v) is 3.44. The van der Waals surface area contributed by atoms with Gasteiger partial charge in [-0.1, -0.05) is 11.6 Å². The molecule has 2 fully saturated rings. The zero-order chi connectivity index (χ0) is 14.3. The molecule has 3 nitrogen and oxygen atoms in total. The molecular formula is C16H23ClN2O. The van der Waals surface area contributed by atoms with Crippen LogP contribution in [0.5, 0.6) is 5.75 Å². The molecule has 2 unspecified atom stereocenters. The summed E-state index contributed by atoms with van der Waals surface area (Å²) in [5.74, 6) is 1.67. The van der Waals surface area contributed by atoms with E-state index in [0.29, 0.717) is 6.04 Å². The molecule has 1 heterocycles. The molecule has 1 N–H and O–H groups in total. The lowest BCUT2D eigenvalue weighted by Crippen LogP contribution is -2.63. The van der Waals surface area contributed by atoms with Crippen LogP contribution >= 0.6 is 11.6 Å². The van der Waals surface area contributed by atoms with E-state index in [1.807, 2.05) is 12.1 Å². The normalized spacial score (nSPS) is 30.4. The smallest absolute Gasteiger partial charge is 0.121 e. The van der Waals surface area contributed by atoms with Crippen LogP contribution in [0.25, 0.3) is 0 Å². The molecular weight excluding hydrogens is 272 g/mol. The van der Waals surface area contributed by atoms with Crippen LogP contribution in [0.1, 0.15) is 26.7 Å². The molecule has 0 bridgehead atoms. The van der Waals surface area contributed by atoms with Gasteiger partial charge in [0.15, 0.2) is 0 Å². The Hall–Kier alpha value is -0.930. The highest BCUT2D eigenvalue weighted by Gasteiger charge is 2.45. The van der Waals surface area contributed by atoms with E-state index >= 15 is 0 Å². The summed E-state index contributed by atoms with van der Waals surface area (Å²) < 4.78 is 5.35. The van der Waals surface area contributed by atoms with Gasteiger partial charge >= 0.3 is 0 Å². The van der Waals surface area contributed by atoms with Crippen LogP contribution in [0.3, 0.4) is 0 Å². The van der Waals surface area contributed by atoms with Crippen molar-refractivity contribution in [3.63, 3.8) is 0 Å². The number of piperazine rings is 1. The molecule has 1 saturated carbocycles. The molecule has 2 atom stereocenters. The van der Waals surface area contributed by atoms with Crippen LogP contribution in [-0.4, -0.2) is 31.8 Å². The summed E-state index contributed by atoms with van der Waals surface area (Å²) in [5.41, 5.74) is 1.30. The van der Waals surface area contributed by atoms with Crippen LogP contribution in [0.4, 0.5) is 5.69 Å². The van der Waals surface area contributed by atoms with Crippen molar-refractivity contribution in [3.8, 4) is 5.75 Å². The molecule has 1 aliphatic heterocycles. The Morgan fingerprint density at radius 3 is 2.80 bits per heavy atom. The maximum atomic E-state index is 6.42. The standard InChI is InChI=1S/C16H23ClN2O/c1-11-9-18-16(2,12-4-5-12)10-19(11)15-8-13(20-3)6-7-14(15)17/h6-8,11-12,18H,4-5,9-10H2,1-3H3. The second-order valence-corrected chi connectivity index (χ2v) is 6.77. The van der Waals surface area contributed by atoms with Gasteiger partial charge in [-0.15, -0.1) is 0 Å². The predicted molar refractivity (Wildman–Crippen MR) is 83.9 cm³/mol. The minimum atomic E-state index is 0.207. The summed E-state index contributed by atoms with van der Waals surface area (Å²) in [4.78, 5) is 2.43. The van der Waals surface area contributed by atoms with Crippen LogP contribution in [0.2, 0.25) is 5.02 Å². The highest BCUT2D eigenvalue weighted by atomic mass is 35.5. The maximum Gasteiger partial charge on any atom is 0.121 e. The first-order valence-electron chi connectivity index (χ1n) is 7.39. The third kappa shape index (κ3) is 2.49. The van der Waals surface area contributed by atoms with Crippen molar-refractivity contribution >= 4 is 17.3 Å². The molecule has 4 heteroatoms. The summed E-state index contributed by atoms with van der Waals surface area (Å²) >= 11 is 6.42. The average Bonchev–Trinajstić information content (AvgIpc) is 3.27. The molecule has 1 aromatic carbocycles. The van der Waals surface area contributed by atoms with Crippen LogP contribution in [-0.2, 0) is 0 Å². The average molecular weight is 295 g/mol. The van der Waals surface area contributed by atoms with Gasteiger partial charge in [0.1, 0.15) is 5.75 Å². The Balaban J connectivity index is 1.90. The molecule has 2 aliphatic rings. The minimum absolute atomic E-state index is 0.207. The van der Waals surface area contributed by atoms with Gasteiger partial charge in [0, 0.05) is 30.7 Å². The Labute approximate surface area is 126 Å². The number of nitrogens with one attached hydrogen (secondary N) is 1. The van der Waals surface area contributed by atoms with Gasteiger partial charge in [-0.05, 0) is 44.7 Å². The summed E-state index contributed by atoms with van der Waals surface area (Å²) in [5, 5.41) is 4.54. The number of ether oxygens (including phenoxy) is 1. The molecule has 1 saturated heterocycles. The Kier molecular flexibility index (Phi) is 3.59. The van der Waals surface area contributed by atoms with Crippen molar-refractivity contribution in [2.75, 3.05) is 25.1 Å². The quantitative estimate of drug-likeness (QED) is 0.925. The Morgan fingerprint density at radius 2 is 2.15 bits per heavy atom.